The SMILES string of the molecule is CC(C)N(CC(=O)O)C(=O)c1cnn(-c2ccccc2)c1. The van der Waals surface area contributed by atoms with Crippen molar-refractivity contribution in [3.63, 3.8) is 0 Å². The molecule has 1 N–H and O–H groups in total. The van der Waals surface area contributed by atoms with Crippen LogP contribution in [-0.2, 0) is 4.79 Å². The summed E-state index contributed by atoms with van der Waals surface area (Å²) in [7, 11) is 0. The van der Waals surface area contributed by atoms with E-state index in [0.717, 1.165) is 5.69 Å². The highest BCUT2D eigenvalue weighted by Crippen LogP contribution is 2.11. The lowest BCUT2D eigenvalue weighted by molar-refractivity contribution is -0.138. The number of amides is 1. The number of para-hydroxylation sites is 1. The smallest absolute Gasteiger partial charge is 0.323 e. The molecule has 2 rings (SSSR count). The summed E-state index contributed by atoms with van der Waals surface area (Å²) in [5.74, 6) is -1.37. The molecule has 21 heavy (non-hydrogen) atoms. The quantitative estimate of drug-likeness (QED) is 0.910. The second kappa shape index (κ2) is 6.21. The molecule has 0 aliphatic rings. The highest BCUT2D eigenvalue weighted by atomic mass is 16.4. The predicted molar refractivity (Wildman–Crippen MR) is 77.4 cm³/mol. The number of carboxylic acids is 1. The van der Waals surface area contributed by atoms with Crippen LogP contribution >= 0.6 is 0 Å². The number of benzene rings is 1. The van der Waals surface area contributed by atoms with E-state index in [2.05, 4.69) is 5.10 Å². The average molecular weight is 287 g/mol. The van der Waals surface area contributed by atoms with Gasteiger partial charge in [-0.15, -0.1) is 0 Å². The van der Waals surface area contributed by atoms with Gasteiger partial charge in [-0.3, -0.25) is 9.59 Å². The van der Waals surface area contributed by atoms with E-state index in [1.807, 2.05) is 30.3 Å². The van der Waals surface area contributed by atoms with Gasteiger partial charge in [-0.25, -0.2) is 4.68 Å². The van der Waals surface area contributed by atoms with Crippen LogP contribution in [0, 0.1) is 0 Å². The third kappa shape index (κ3) is 3.47. The number of carboxylic acid groups (broad SMARTS) is 1. The summed E-state index contributed by atoms with van der Waals surface area (Å²) in [5.41, 5.74) is 1.21. The highest BCUT2D eigenvalue weighted by molar-refractivity contribution is 5.95. The van der Waals surface area contributed by atoms with E-state index in [4.69, 9.17) is 5.11 Å². The minimum Gasteiger partial charge on any atom is -0.480 e. The Bertz CT molecular complexity index is 635. The maximum Gasteiger partial charge on any atom is 0.323 e. The molecule has 110 valence electrons. The van der Waals surface area contributed by atoms with Crippen LogP contribution < -0.4 is 0 Å². The van der Waals surface area contributed by atoms with Crippen LogP contribution in [0.15, 0.2) is 42.7 Å². The van der Waals surface area contributed by atoms with E-state index in [0.29, 0.717) is 5.56 Å². The van der Waals surface area contributed by atoms with Crippen LogP contribution in [0.2, 0.25) is 0 Å². The van der Waals surface area contributed by atoms with Gasteiger partial charge in [0.25, 0.3) is 5.91 Å². The standard InChI is InChI=1S/C15H17N3O3/c1-11(2)17(10-14(19)20)15(21)12-8-16-18(9-12)13-6-4-3-5-7-13/h3-9,11H,10H2,1-2H3,(H,19,20). The average Bonchev–Trinajstić information content (AvgIpc) is 2.94. The first-order chi connectivity index (χ1) is 9.99. The Hall–Kier alpha value is -2.63. The lowest BCUT2D eigenvalue weighted by atomic mass is 10.2. The van der Waals surface area contributed by atoms with Gasteiger partial charge >= 0.3 is 5.97 Å². The molecule has 1 aromatic heterocycles. The predicted octanol–water partition coefficient (Wildman–Crippen LogP) is 1.81. The topological polar surface area (TPSA) is 75.4 Å². The van der Waals surface area contributed by atoms with Gasteiger partial charge in [0.1, 0.15) is 6.54 Å². The number of aliphatic carboxylic acids is 1. The summed E-state index contributed by atoms with van der Waals surface area (Å²) >= 11 is 0. The van der Waals surface area contributed by atoms with E-state index in [1.165, 1.54) is 11.1 Å². The molecule has 1 aromatic carbocycles. The zero-order valence-corrected chi connectivity index (χ0v) is 11.9. The Morgan fingerprint density at radius 3 is 2.52 bits per heavy atom. The van der Waals surface area contributed by atoms with Crippen LogP contribution in [0.4, 0.5) is 0 Å². The summed E-state index contributed by atoms with van der Waals surface area (Å²) in [5, 5.41) is 13.0. The zero-order chi connectivity index (χ0) is 15.4. The Morgan fingerprint density at radius 2 is 1.95 bits per heavy atom. The van der Waals surface area contributed by atoms with Gasteiger partial charge in [-0.2, -0.15) is 5.10 Å². The van der Waals surface area contributed by atoms with Crippen molar-refractivity contribution in [1.82, 2.24) is 14.7 Å². The van der Waals surface area contributed by atoms with Crippen LogP contribution in [0.1, 0.15) is 24.2 Å². The number of aromatic nitrogens is 2. The number of carbonyl (C=O) groups excluding carboxylic acids is 1. The van der Waals surface area contributed by atoms with E-state index in [-0.39, 0.29) is 18.5 Å². The molecule has 0 spiro atoms. The molecule has 6 heteroatoms. The molecule has 0 unspecified atom stereocenters. The fourth-order valence-corrected chi connectivity index (χ4v) is 1.96. The molecule has 2 aromatic rings. The van der Waals surface area contributed by atoms with Crippen molar-refractivity contribution < 1.29 is 14.7 Å². The third-order valence-corrected chi connectivity index (χ3v) is 3.04. The van der Waals surface area contributed by atoms with E-state index in [9.17, 15) is 9.59 Å². The van der Waals surface area contributed by atoms with E-state index >= 15 is 0 Å². The van der Waals surface area contributed by atoms with Gasteiger partial charge in [0.15, 0.2) is 0 Å². The molecule has 1 heterocycles. The molecule has 0 aliphatic heterocycles. The molecule has 0 atom stereocenters. The highest BCUT2D eigenvalue weighted by Gasteiger charge is 2.22. The number of hydrogen-bond acceptors (Lipinski definition) is 3. The van der Waals surface area contributed by atoms with Gasteiger partial charge in [-0.1, -0.05) is 18.2 Å². The molecule has 0 aliphatic carbocycles. The van der Waals surface area contributed by atoms with Crippen molar-refractivity contribution in [2.45, 2.75) is 19.9 Å². The Labute approximate surface area is 122 Å². The first-order valence-corrected chi connectivity index (χ1v) is 6.62. The first-order valence-electron chi connectivity index (χ1n) is 6.62. The minimum absolute atomic E-state index is 0.200. The largest absolute Gasteiger partial charge is 0.480 e. The second-order valence-corrected chi connectivity index (χ2v) is 4.93. The molecular formula is C15H17N3O3. The molecule has 0 bridgehead atoms. The molecule has 0 saturated carbocycles. The second-order valence-electron chi connectivity index (χ2n) is 4.93. The summed E-state index contributed by atoms with van der Waals surface area (Å²) < 4.78 is 1.59. The first kappa shape index (κ1) is 14.8. The molecule has 1 amide bonds. The normalized spacial score (nSPS) is 10.6. The van der Waals surface area contributed by atoms with Crippen molar-refractivity contribution >= 4 is 11.9 Å². The maximum absolute atomic E-state index is 12.4. The summed E-state index contributed by atoms with van der Waals surface area (Å²) in [6.07, 6.45) is 3.06. The molecule has 6 nitrogen and oxygen atoms in total. The molecule has 0 radical (unpaired) electrons. The lowest BCUT2D eigenvalue weighted by Crippen LogP contribution is -2.40. The number of nitrogens with zero attached hydrogens (tertiary/aromatic N) is 3. The van der Waals surface area contributed by atoms with Crippen LogP contribution in [0.25, 0.3) is 5.69 Å². The lowest BCUT2D eigenvalue weighted by Gasteiger charge is -2.24. The van der Waals surface area contributed by atoms with Gasteiger partial charge in [0.2, 0.25) is 0 Å². The fraction of sp³-hybridized carbons (Fsp3) is 0.267. The summed E-state index contributed by atoms with van der Waals surface area (Å²) in [6, 6.07) is 9.20. The third-order valence-electron chi connectivity index (χ3n) is 3.04. The van der Waals surface area contributed by atoms with Crippen molar-refractivity contribution in [3.05, 3.63) is 48.3 Å². The van der Waals surface area contributed by atoms with Crippen molar-refractivity contribution in [2.75, 3.05) is 6.54 Å². The minimum atomic E-state index is -1.03. The van der Waals surface area contributed by atoms with Gasteiger partial charge in [-0.05, 0) is 26.0 Å². The summed E-state index contributed by atoms with van der Waals surface area (Å²) in [6.45, 7) is 3.23. The van der Waals surface area contributed by atoms with Gasteiger partial charge in [0.05, 0.1) is 17.4 Å². The maximum atomic E-state index is 12.4. The Morgan fingerprint density at radius 1 is 1.29 bits per heavy atom. The van der Waals surface area contributed by atoms with Crippen LogP contribution in [0.5, 0.6) is 0 Å². The monoisotopic (exact) mass is 287 g/mol. The van der Waals surface area contributed by atoms with E-state index < -0.39 is 5.97 Å². The van der Waals surface area contributed by atoms with Crippen molar-refractivity contribution in [3.8, 4) is 5.69 Å². The summed E-state index contributed by atoms with van der Waals surface area (Å²) in [4.78, 5) is 24.5. The number of carbonyl (C=O) groups is 2. The number of hydrogen-bond donors (Lipinski definition) is 1. The zero-order valence-electron chi connectivity index (χ0n) is 11.9. The van der Waals surface area contributed by atoms with Gasteiger partial charge < -0.3 is 10.0 Å². The Kier molecular flexibility index (Phi) is 4.37. The van der Waals surface area contributed by atoms with Crippen molar-refractivity contribution in [2.24, 2.45) is 0 Å². The number of rotatable bonds is 5. The fourth-order valence-electron chi connectivity index (χ4n) is 1.96. The van der Waals surface area contributed by atoms with Crippen LogP contribution in [-0.4, -0.2) is 44.3 Å². The van der Waals surface area contributed by atoms with E-state index in [1.54, 1.807) is 24.7 Å². The molecular weight excluding hydrogens is 270 g/mol. The molecule has 0 saturated heterocycles. The molecule has 0 fully saturated rings. The van der Waals surface area contributed by atoms with Crippen LogP contribution in [0.3, 0.4) is 0 Å². The van der Waals surface area contributed by atoms with Gasteiger partial charge in [0, 0.05) is 12.2 Å². The Balaban J connectivity index is 2.23. The van der Waals surface area contributed by atoms with Crippen molar-refractivity contribution in [1.29, 1.82) is 0 Å².